The number of rotatable bonds is 6. The van der Waals surface area contributed by atoms with Crippen molar-refractivity contribution in [3.63, 3.8) is 0 Å². The second-order valence-electron chi connectivity index (χ2n) is 6.35. The predicted octanol–water partition coefficient (Wildman–Crippen LogP) is 3.80. The third-order valence-corrected chi connectivity index (χ3v) is 4.67. The number of hydrogen-bond donors (Lipinski definition) is 2. The van der Waals surface area contributed by atoms with Crippen LogP contribution in [0.2, 0.25) is 0 Å². The molecule has 4 nitrogen and oxygen atoms in total. The Kier molecular flexibility index (Phi) is 5.54. The zero-order valence-corrected chi connectivity index (χ0v) is 15.0. The molecule has 0 bridgehead atoms. The first-order valence-corrected chi connectivity index (χ1v) is 8.66. The molecule has 0 heterocycles. The first kappa shape index (κ1) is 18.0. The molecule has 0 radical (unpaired) electrons. The van der Waals surface area contributed by atoms with Gasteiger partial charge in [0.2, 0.25) is 5.91 Å². The summed E-state index contributed by atoms with van der Waals surface area (Å²) in [6, 6.07) is 20.9. The molecule has 0 aliphatic carbocycles. The molecule has 1 amide bonds. The molecular weight excluding hydrogens is 326 g/mol. The number of nitrogens with one attached hydrogen (secondary N) is 1. The second kappa shape index (κ2) is 8.02. The summed E-state index contributed by atoms with van der Waals surface area (Å²) in [5.74, 6) is 0.379. The molecule has 4 heteroatoms. The Balaban J connectivity index is 1.78. The van der Waals surface area contributed by atoms with Gasteiger partial charge in [0.15, 0.2) is 0 Å². The van der Waals surface area contributed by atoms with Gasteiger partial charge in [0.05, 0.1) is 25.7 Å². The molecular formula is C22H23NO3. The van der Waals surface area contributed by atoms with E-state index in [1.165, 1.54) is 0 Å². The first-order valence-electron chi connectivity index (χ1n) is 8.66. The average molecular weight is 349 g/mol. The molecule has 0 fully saturated rings. The molecule has 2 atom stereocenters. The highest BCUT2D eigenvalue weighted by Gasteiger charge is 2.20. The summed E-state index contributed by atoms with van der Waals surface area (Å²) in [6.07, 6.45) is 0. The van der Waals surface area contributed by atoms with E-state index < -0.39 is 6.04 Å². The third-order valence-electron chi connectivity index (χ3n) is 4.67. The minimum absolute atomic E-state index is 0.110. The number of hydrogen-bond acceptors (Lipinski definition) is 3. The minimum Gasteiger partial charge on any atom is -0.497 e. The number of aliphatic hydroxyl groups excluding tert-OH is 1. The molecule has 0 saturated heterocycles. The van der Waals surface area contributed by atoms with E-state index in [2.05, 4.69) is 5.32 Å². The lowest BCUT2D eigenvalue weighted by molar-refractivity contribution is -0.123. The molecule has 3 aromatic carbocycles. The SMILES string of the molecule is COc1ccc2cc([C@H](C)C(=O)NC(CO)c3ccccc3)ccc2c1. The average Bonchev–Trinajstić information content (AvgIpc) is 2.71. The maximum Gasteiger partial charge on any atom is 0.227 e. The van der Waals surface area contributed by atoms with Crippen molar-refractivity contribution < 1.29 is 14.6 Å². The van der Waals surface area contributed by atoms with Crippen LogP contribution in [0.5, 0.6) is 5.75 Å². The molecule has 2 N–H and O–H groups in total. The van der Waals surface area contributed by atoms with Gasteiger partial charge in [-0.05, 0) is 41.0 Å². The highest BCUT2D eigenvalue weighted by molar-refractivity contribution is 5.88. The van der Waals surface area contributed by atoms with Gasteiger partial charge in [0.1, 0.15) is 5.75 Å². The lowest BCUT2D eigenvalue weighted by Crippen LogP contribution is -2.33. The van der Waals surface area contributed by atoms with E-state index in [-0.39, 0.29) is 18.4 Å². The monoisotopic (exact) mass is 349 g/mol. The van der Waals surface area contributed by atoms with E-state index in [9.17, 15) is 9.90 Å². The van der Waals surface area contributed by atoms with E-state index in [0.717, 1.165) is 27.6 Å². The molecule has 3 rings (SSSR count). The molecule has 3 aromatic rings. The van der Waals surface area contributed by atoms with Crippen LogP contribution < -0.4 is 10.1 Å². The van der Waals surface area contributed by atoms with E-state index in [4.69, 9.17) is 4.74 Å². The maximum absolute atomic E-state index is 12.7. The van der Waals surface area contributed by atoms with Gasteiger partial charge in [0.25, 0.3) is 0 Å². The summed E-state index contributed by atoms with van der Waals surface area (Å²) in [4.78, 5) is 12.7. The fourth-order valence-corrected chi connectivity index (χ4v) is 3.01. The number of aliphatic hydroxyl groups is 1. The van der Waals surface area contributed by atoms with Crippen LogP contribution in [0.3, 0.4) is 0 Å². The van der Waals surface area contributed by atoms with Gasteiger partial charge in [-0.1, -0.05) is 54.6 Å². The van der Waals surface area contributed by atoms with Gasteiger partial charge in [-0.3, -0.25) is 4.79 Å². The summed E-state index contributed by atoms with van der Waals surface area (Å²) in [5, 5.41) is 14.7. The van der Waals surface area contributed by atoms with Crippen LogP contribution in [0.25, 0.3) is 10.8 Å². The molecule has 0 spiro atoms. The van der Waals surface area contributed by atoms with Crippen molar-refractivity contribution in [3.8, 4) is 5.75 Å². The summed E-state index contributed by atoms with van der Waals surface area (Å²) in [6.45, 7) is 1.74. The van der Waals surface area contributed by atoms with Crippen molar-refractivity contribution in [1.29, 1.82) is 0 Å². The Bertz CT molecular complexity index is 892. The van der Waals surface area contributed by atoms with Gasteiger partial charge >= 0.3 is 0 Å². The van der Waals surface area contributed by atoms with Crippen molar-refractivity contribution in [2.45, 2.75) is 18.9 Å². The fourth-order valence-electron chi connectivity index (χ4n) is 3.01. The van der Waals surface area contributed by atoms with E-state index in [0.29, 0.717) is 0 Å². The van der Waals surface area contributed by atoms with Crippen LogP contribution in [0.15, 0.2) is 66.7 Å². The van der Waals surface area contributed by atoms with E-state index >= 15 is 0 Å². The zero-order valence-electron chi connectivity index (χ0n) is 15.0. The lowest BCUT2D eigenvalue weighted by Gasteiger charge is -2.20. The molecule has 26 heavy (non-hydrogen) atoms. The standard InChI is InChI=1S/C22H23NO3/c1-15(22(25)23-21(14-24)16-6-4-3-5-7-16)17-8-9-19-13-20(26-2)11-10-18(19)12-17/h3-13,15,21,24H,14H2,1-2H3,(H,23,25)/t15-,21?/m0/s1. The second-order valence-corrected chi connectivity index (χ2v) is 6.35. The van der Waals surface area contributed by atoms with E-state index in [1.807, 2.05) is 73.7 Å². The fraction of sp³-hybridized carbons (Fsp3) is 0.227. The summed E-state index contributed by atoms with van der Waals surface area (Å²) in [7, 11) is 1.65. The van der Waals surface area contributed by atoms with Crippen LogP contribution in [-0.4, -0.2) is 24.7 Å². The van der Waals surface area contributed by atoms with Crippen molar-refractivity contribution in [2.75, 3.05) is 13.7 Å². The molecule has 0 aromatic heterocycles. The van der Waals surface area contributed by atoms with Gasteiger partial charge in [0, 0.05) is 0 Å². The topological polar surface area (TPSA) is 58.6 Å². The minimum atomic E-state index is -0.407. The number of carbonyl (C=O) groups is 1. The summed E-state index contributed by atoms with van der Waals surface area (Å²) >= 11 is 0. The molecule has 1 unspecified atom stereocenters. The van der Waals surface area contributed by atoms with Crippen molar-refractivity contribution >= 4 is 16.7 Å². The van der Waals surface area contributed by atoms with Crippen LogP contribution >= 0.6 is 0 Å². The highest BCUT2D eigenvalue weighted by Crippen LogP contribution is 2.26. The first-order chi connectivity index (χ1) is 12.6. The Morgan fingerprint density at radius 2 is 1.69 bits per heavy atom. The smallest absolute Gasteiger partial charge is 0.227 e. The molecule has 0 saturated carbocycles. The normalized spacial score (nSPS) is 13.2. The van der Waals surface area contributed by atoms with Crippen LogP contribution in [0.4, 0.5) is 0 Å². The quantitative estimate of drug-likeness (QED) is 0.712. The number of amides is 1. The van der Waals surface area contributed by atoms with Gasteiger partial charge < -0.3 is 15.2 Å². The number of benzene rings is 3. The Labute approximate surface area is 153 Å². The largest absolute Gasteiger partial charge is 0.497 e. The lowest BCUT2D eigenvalue weighted by atomic mass is 9.96. The molecule has 0 aliphatic heterocycles. The van der Waals surface area contributed by atoms with Crippen molar-refractivity contribution in [1.82, 2.24) is 5.32 Å². The van der Waals surface area contributed by atoms with Crippen LogP contribution in [0, 0.1) is 0 Å². The molecule has 134 valence electrons. The Morgan fingerprint density at radius 1 is 1.00 bits per heavy atom. The maximum atomic E-state index is 12.7. The van der Waals surface area contributed by atoms with Crippen molar-refractivity contribution in [2.24, 2.45) is 0 Å². The molecule has 0 aliphatic rings. The summed E-state index contributed by atoms with van der Waals surface area (Å²) in [5.41, 5.74) is 1.83. The van der Waals surface area contributed by atoms with Crippen LogP contribution in [0.1, 0.15) is 30.0 Å². The number of ether oxygens (including phenoxy) is 1. The van der Waals surface area contributed by atoms with Crippen molar-refractivity contribution in [3.05, 3.63) is 77.9 Å². The predicted molar refractivity (Wildman–Crippen MR) is 103 cm³/mol. The van der Waals surface area contributed by atoms with Crippen LogP contribution in [-0.2, 0) is 4.79 Å². The number of carbonyl (C=O) groups excluding carboxylic acids is 1. The Hall–Kier alpha value is -2.85. The Morgan fingerprint density at radius 3 is 2.38 bits per heavy atom. The van der Waals surface area contributed by atoms with E-state index in [1.54, 1.807) is 7.11 Å². The number of fused-ring (bicyclic) bond motifs is 1. The summed E-state index contributed by atoms with van der Waals surface area (Å²) < 4.78 is 5.25. The third kappa shape index (κ3) is 3.86. The highest BCUT2D eigenvalue weighted by atomic mass is 16.5. The zero-order chi connectivity index (χ0) is 18.5. The van der Waals surface area contributed by atoms with Gasteiger partial charge in [-0.25, -0.2) is 0 Å². The van der Waals surface area contributed by atoms with Gasteiger partial charge in [-0.15, -0.1) is 0 Å². The number of methoxy groups -OCH3 is 1. The van der Waals surface area contributed by atoms with Gasteiger partial charge in [-0.2, -0.15) is 0 Å².